The number of furan rings is 1. The number of rotatable bonds is 8. The standard InChI is InChI=1S/C38H29N5O6S3/c1-5-48-36(47)31-20(2)39-37-43(32(31)21-10-12-22(13-11-21)41(3)4)35(46)29(50-37)19-24-15-17-30(49-24)52-38-40-27-16-14-23(18-28(27)51-38)42-33(44)25-8-6-7-9-26(25)34(42)45/h6-19,32H,5H2,1-4H3/b29-19-/t32-/m1/s1. The van der Waals surface area contributed by atoms with Gasteiger partial charge in [0.2, 0.25) is 0 Å². The Labute approximate surface area is 308 Å². The number of imide groups is 1. The molecule has 0 fully saturated rings. The van der Waals surface area contributed by atoms with E-state index in [9.17, 15) is 19.2 Å². The molecule has 3 aromatic heterocycles. The van der Waals surface area contributed by atoms with E-state index in [2.05, 4.69) is 4.99 Å². The first-order valence-electron chi connectivity index (χ1n) is 16.2. The van der Waals surface area contributed by atoms with Gasteiger partial charge in [-0.2, -0.15) is 0 Å². The van der Waals surface area contributed by atoms with Crippen molar-refractivity contribution in [3.8, 4) is 0 Å². The third-order valence-electron chi connectivity index (χ3n) is 8.71. The van der Waals surface area contributed by atoms with Crippen molar-refractivity contribution in [2.75, 3.05) is 30.5 Å². The fourth-order valence-corrected chi connectivity index (χ4v) is 9.27. The number of hydrogen-bond donors (Lipinski definition) is 0. The Balaban J connectivity index is 1.08. The molecule has 0 saturated carbocycles. The largest absolute Gasteiger partial charge is 0.463 e. The number of amides is 2. The van der Waals surface area contributed by atoms with Gasteiger partial charge in [-0.05, 0) is 85.8 Å². The number of thiazole rings is 2. The first-order valence-corrected chi connectivity index (χ1v) is 18.7. The lowest BCUT2D eigenvalue weighted by Gasteiger charge is -2.25. The lowest BCUT2D eigenvalue weighted by Crippen LogP contribution is -2.39. The molecular weight excluding hydrogens is 719 g/mol. The molecule has 260 valence electrons. The number of benzene rings is 3. The monoisotopic (exact) mass is 747 g/mol. The topological polar surface area (TPSA) is 127 Å². The number of allylic oxidation sites excluding steroid dienone is 1. The van der Waals surface area contributed by atoms with Crippen LogP contribution >= 0.6 is 34.4 Å². The Bertz CT molecular complexity index is 2630. The van der Waals surface area contributed by atoms with E-state index >= 15 is 0 Å². The molecule has 52 heavy (non-hydrogen) atoms. The number of aromatic nitrogens is 2. The van der Waals surface area contributed by atoms with Crippen molar-refractivity contribution in [2.24, 2.45) is 4.99 Å². The Hall–Kier alpha value is -5.57. The first-order chi connectivity index (χ1) is 25.1. The van der Waals surface area contributed by atoms with Crippen LogP contribution in [0.3, 0.4) is 0 Å². The van der Waals surface area contributed by atoms with Crippen molar-refractivity contribution in [3.63, 3.8) is 0 Å². The average Bonchev–Trinajstić information content (AvgIpc) is 3.88. The Morgan fingerprint density at radius 2 is 1.71 bits per heavy atom. The summed E-state index contributed by atoms with van der Waals surface area (Å²) in [5.41, 5.74) is 4.25. The van der Waals surface area contributed by atoms with E-state index in [1.807, 2.05) is 49.3 Å². The molecule has 0 spiro atoms. The Morgan fingerprint density at radius 1 is 0.981 bits per heavy atom. The fourth-order valence-electron chi connectivity index (χ4n) is 6.24. The summed E-state index contributed by atoms with van der Waals surface area (Å²) in [7, 11) is 3.89. The van der Waals surface area contributed by atoms with E-state index in [1.165, 1.54) is 39.3 Å². The molecule has 6 aromatic rings. The van der Waals surface area contributed by atoms with Crippen LogP contribution in [0.15, 0.2) is 114 Å². The summed E-state index contributed by atoms with van der Waals surface area (Å²) >= 11 is 3.97. The number of anilines is 2. The second-order valence-corrected chi connectivity index (χ2v) is 15.5. The molecule has 0 radical (unpaired) electrons. The van der Waals surface area contributed by atoms with Crippen molar-refractivity contribution in [1.82, 2.24) is 9.55 Å². The minimum absolute atomic E-state index is 0.194. The van der Waals surface area contributed by atoms with Gasteiger partial charge >= 0.3 is 5.97 Å². The molecule has 2 aliphatic heterocycles. The van der Waals surface area contributed by atoms with Crippen LogP contribution in [-0.4, -0.2) is 48.0 Å². The van der Waals surface area contributed by atoms with Gasteiger partial charge < -0.3 is 14.1 Å². The third kappa shape index (κ3) is 5.78. The van der Waals surface area contributed by atoms with Crippen molar-refractivity contribution in [1.29, 1.82) is 0 Å². The zero-order chi connectivity index (χ0) is 36.3. The molecule has 8 rings (SSSR count). The SMILES string of the molecule is CCOC(=O)C1=C(C)N=c2s/c(=C\c3ccc(Sc4nc5ccc(N6C(=O)c7ccccc7C6=O)cc5s4)o3)c(=O)n2[C@@H]1c1ccc(N(C)C)cc1. The first kappa shape index (κ1) is 33.6. The predicted octanol–water partition coefficient (Wildman–Crippen LogP) is 6.02. The lowest BCUT2D eigenvalue weighted by molar-refractivity contribution is -0.139. The molecule has 0 saturated heterocycles. The van der Waals surface area contributed by atoms with E-state index in [-0.39, 0.29) is 24.0 Å². The Kier molecular flexibility index (Phi) is 8.52. The van der Waals surface area contributed by atoms with Crippen molar-refractivity contribution in [2.45, 2.75) is 29.3 Å². The van der Waals surface area contributed by atoms with Gasteiger partial charge in [0.05, 0.1) is 55.5 Å². The Morgan fingerprint density at radius 3 is 2.40 bits per heavy atom. The molecule has 2 amide bonds. The highest BCUT2D eigenvalue weighted by atomic mass is 32.2. The molecule has 2 aliphatic rings. The lowest BCUT2D eigenvalue weighted by atomic mass is 9.95. The number of hydrogen-bond acceptors (Lipinski definition) is 12. The van der Waals surface area contributed by atoms with Crippen LogP contribution in [0, 0.1) is 0 Å². The zero-order valence-electron chi connectivity index (χ0n) is 28.3. The zero-order valence-corrected chi connectivity index (χ0v) is 30.7. The maximum atomic E-state index is 14.0. The van der Waals surface area contributed by atoms with Crippen LogP contribution in [0.4, 0.5) is 11.4 Å². The van der Waals surface area contributed by atoms with E-state index < -0.39 is 12.0 Å². The summed E-state index contributed by atoms with van der Waals surface area (Å²) in [5.74, 6) is -0.742. The highest BCUT2D eigenvalue weighted by Crippen LogP contribution is 2.38. The van der Waals surface area contributed by atoms with Crippen LogP contribution in [0.5, 0.6) is 0 Å². The number of carbonyl (C=O) groups is 3. The average molecular weight is 748 g/mol. The number of ether oxygens (including phenoxy) is 1. The van der Waals surface area contributed by atoms with Gasteiger partial charge in [0, 0.05) is 25.9 Å². The molecule has 0 aliphatic carbocycles. The van der Waals surface area contributed by atoms with Gasteiger partial charge in [0.15, 0.2) is 14.2 Å². The molecule has 5 heterocycles. The maximum Gasteiger partial charge on any atom is 0.338 e. The van der Waals surface area contributed by atoms with Gasteiger partial charge in [-0.15, -0.1) is 11.3 Å². The summed E-state index contributed by atoms with van der Waals surface area (Å²) in [6.45, 7) is 3.70. The smallest absolute Gasteiger partial charge is 0.338 e. The summed E-state index contributed by atoms with van der Waals surface area (Å²) in [5, 5.41) is 0.568. The molecule has 0 bridgehead atoms. The van der Waals surface area contributed by atoms with E-state index in [0.717, 1.165) is 21.5 Å². The van der Waals surface area contributed by atoms with Crippen LogP contribution in [0.2, 0.25) is 0 Å². The van der Waals surface area contributed by atoms with Crippen molar-refractivity contribution in [3.05, 3.63) is 132 Å². The van der Waals surface area contributed by atoms with E-state index in [0.29, 0.717) is 52.6 Å². The fraction of sp³-hybridized carbons (Fsp3) is 0.158. The van der Waals surface area contributed by atoms with Crippen LogP contribution in [0.25, 0.3) is 16.3 Å². The van der Waals surface area contributed by atoms with Crippen molar-refractivity contribution < 1.29 is 23.5 Å². The summed E-state index contributed by atoms with van der Waals surface area (Å²) < 4.78 is 15.0. The van der Waals surface area contributed by atoms with Gasteiger partial charge in [-0.1, -0.05) is 35.6 Å². The predicted molar refractivity (Wildman–Crippen MR) is 201 cm³/mol. The summed E-state index contributed by atoms with van der Waals surface area (Å²) in [6, 6.07) is 22.7. The summed E-state index contributed by atoms with van der Waals surface area (Å²) in [4.78, 5) is 66.3. The molecule has 1 atom stereocenters. The molecular formula is C38H29N5O6S3. The number of carbonyl (C=O) groups excluding carboxylic acids is 3. The highest BCUT2D eigenvalue weighted by molar-refractivity contribution is 8.01. The second kappa shape index (κ2) is 13.2. The minimum atomic E-state index is -0.715. The van der Waals surface area contributed by atoms with E-state index in [4.69, 9.17) is 14.1 Å². The number of fused-ring (bicyclic) bond motifs is 3. The van der Waals surface area contributed by atoms with Crippen LogP contribution < -0.4 is 24.7 Å². The van der Waals surface area contributed by atoms with Gasteiger partial charge in [-0.3, -0.25) is 19.0 Å². The third-order valence-corrected chi connectivity index (χ3v) is 11.7. The quantitative estimate of drug-likeness (QED) is 0.136. The molecule has 0 unspecified atom stereocenters. The number of esters is 1. The van der Waals surface area contributed by atoms with Gasteiger partial charge in [-0.25, -0.2) is 19.7 Å². The van der Waals surface area contributed by atoms with Crippen molar-refractivity contribution >= 4 is 79.9 Å². The second-order valence-electron chi connectivity index (χ2n) is 12.2. The maximum absolute atomic E-state index is 14.0. The molecule has 14 heteroatoms. The normalized spacial score (nSPS) is 15.7. The summed E-state index contributed by atoms with van der Waals surface area (Å²) in [6.07, 6.45) is 1.68. The van der Waals surface area contributed by atoms with Crippen LogP contribution in [0.1, 0.15) is 51.9 Å². The molecule has 3 aromatic carbocycles. The molecule has 0 N–H and O–H groups in total. The van der Waals surface area contributed by atoms with E-state index in [1.54, 1.807) is 73.0 Å². The number of nitrogens with zero attached hydrogens (tertiary/aromatic N) is 5. The minimum Gasteiger partial charge on any atom is -0.463 e. The van der Waals surface area contributed by atoms with Gasteiger partial charge in [0.25, 0.3) is 17.4 Å². The van der Waals surface area contributed by atoms with Gasteiger partial charge in [0.1, 0.15) is 5.76 Å². The molecule has 11 nitrogen and oxygen atoms in total. The highest BCUT2D eigenvalue weighted by Gasteiger charge is 2.37. The van der Waals surface area contributed by atoms with Crippen LogP contribution in [-0.2, 0) is 9.53 Å².